The lowest BCUT2D eigenvalue weighted by molar-refractivity contribution is -0.137. The van der Waals surface area contributed by atoms with E-state index in [4.69, 9.17) is 14.2 Å². The van der Waals surface area contributed by atoms with Crippen LogP contribution in [0.4, 0.5) is 0 Å². The summed E-state index contributed by atoms with van der Waals surface area (Å²) in [5.74, 6) is 0.322. The Morgan fingerprint density at radius 2 is 1.70 bits per heavy atom. The highest BCUT2D eigenvalue weighted by Crippen LogP contribution is 2.18. The summed E-state index contributed by atoms with van der Waals surface area (Å²) in [4.78, 5) is 12.0. The Morgan fingerprint density at radius 1 is 1.00 bits per heavy atom. The van der Waals surface area contributed by atoms with Gasteiger partial charge in [-0.15, -0.1) is 0 Å². The molecule has 0 bridgehead atoms. The topological polar surface area (TPSA) is 82.1 Å². The molecular weight excluding hydrogens is 406 g/mol. The molecule has 8 heteroatoms. The number of hydrogen-bond acceptors (Lipinski definition) is 6. The van der Waals surface area contributed by atoms with Gasteiger partial charge in [0.05, 0.1) is 31.3 Å². The molecule has 1 saturated heterocycles. The molecule has 1 aliphatic rings. The highest BCUT2D eigenvalue weighted by Gasteiger charge is 2.25. The lowest BCUT2D eigenvalue weighted by Crippen LogP contribution is -2.40. The molecule has 0 amide bonds. The Hall–Kier alpha value is -2.68. The Kier molecular flexibility index (Phi) is 8.01. The van der Waals surface area contributed by atoms with E-state index >= 15 is 0 Å². The van der Waals surface area contributed by atoms with Crippen molar-refractivity contribution < 1.29 is 27.4 Å². The van der Waals surface area contributed by atoms with Crippen molar-refractivity contribution in [2.45, 2.75) is 11.3 Å². The molecule has 1 heterocycles. The average molecular weight is 432 g/mol. The number of benzene rings is 2. The minimum Gasteiger partial charge on any atom is -0.493 e. The highest BCUT2D eigenvalue weighted by atomic mass is 32.2. The summed E-state index contributed by atoms with van der Waals surface area (Å²) in [7, 11) is -3.52. The van der Waals surface area contributed by atoms with E-state index in [0.29, 0.717) is 44.9 Å². The van der Waals surface area contributed by atoms with Gasteiger partial charge >= 0.3 is 5.97 Å². The molecule has 2 aromatic rings. The van der Waals surface area contributed by atoms with Crippen LogP contribution in [0, 0.1) is 0 Å². The first-order valence-electron chi connectivity index (χ1n) is 9.76. The van der Waals surface area contributed by atoms with Gasteiger partial charge < -0.3 is 14.2 Å². The van der Waals surface area contributed by atoms with E-state index in [0.717, 1.165) is 5.75 Å². The maximum absolute atomic E-state index is 12.6. The van der Waals surface area contributed by atoms with Crippen LogP contribution >= 0.6 is 0 Å². The monoisotopic (exact) mass is 431 g/mol. The lowest BCUT2D eigenvalue weighted by atomic mass is 10.2. The minimum absolute atomic E-state index is 0.225. The molecule has 2 aromatic carbocycles. The number of hydrogen-bond donors (Lipinski definition) is 0. The fourth-order valence-corrected chi connectivity index (χ4v) is 4.25. The van der Waals surface area contributed by atoms with Crippen molar-refractivity contribution in [1.82, 2.24) is 4.31 Å². The van der Waals surface area contributed by atoms with E-state index in [1.54, 1.807) is 18.2 Å². The number of sulfonamides is 1. The number of carbonyl (C=O) groups excluding carboxylic acids is 1. The number of carbonyl (C=O) groups is 1. The summed E-state index contributed by atoms with van der Waals surface area (Å²) < 4.78 is 42.5. The summed E-state index contributed by atoms with van der Waals surface area (Å²) in [6.07, 6.45) is 3.50. The van der Waals surface area contributed by atoms with E-state index in [1.165, 1.54) is 22.5 Å². The zero-order chi connectivity index (χ0) is 21.2. The third-order valence-corrected chi connectivity index (χ3v) is 6.36. The van der Waals surface area contributed by atoms with Gasteiger partial charge in [-0.2, -0.15) is 4.31 Å². The third kappa shape index (κ3) is 6.41. The molecule has 7 nitrogen and oxygen atoms in total. The summed E-state index contributed by atoms with van der Waals surface area (Å²) in [5, 5.41) is 0. The quantitative estimate of drug-likeness (QED) is 0.345. The summed E-state index contributed by atoms with van der Waals surface area (Å²) >= 11 is 0. The van der Waals surface area contributed by atoms with Crippen molar-refractivity contribution in [3.8, 4) is 5.75 Å². The summed E-state index contributed by atoms with van der Waals surface area (Å²) in [6, 6.07) is 15.8. The Balaban J connectivity index is 1.42. The number of para-hydroxylation sites is 1. The van der Waals surface area contributed by atoms with Gasteiger partial charge in [-0.1, -0.05) is 30.3 Å². The Morgan fingerprint density at radius 3 is 2.40 bits per heavy atom. The second-order valence-corrected chi connectivity index (χ2v) is 8.54. The fourth-order valence-electron chi connectivity index (χ4n) is 2.84. The number of nitrogens with zero attached hydrogens (tertiary/aromatic N) is 1. The predicted octanol–water partition coefficient (Wildman–Crippen LogP) is 2.73. The molecule has 3 rings (SSSR count). The Bertz CT molecular complexity index is 935. The molecule has 0 aliphatic carbocycles. The zero-order valence-corrected chi connectivity index (χ0v) is 17.4. The van der Waals surface area contributed by atoms with E-state index in [2.05, 4.69) is 0 Å². The molecule has 0 N–H and O–H groups in total. The molecule has 0 aromatic heterocycles. The van der Waals surface area contributed by atoms with Gasteiger partial charge in [0.15, 0.2) is 0 Å². The maximum Gasteiger partial charge on any atom is 0.330 e. The number of morpholine rings is 1. The van der Waals surface area contributed by atoms with Gasteiger partial charge in [0.25, 0.3) is 0 Å². The smallest absolute Gasteiger partial charge is 0.330 e. The standard InChI is InChI=1S/C22H25NO6S/c24-22(29-16-4-15-28-20-5-2-1-3-6-20)12-9-19-7-10-21(11-8-19)30(25,26)23-13-17-27-18-14-23/h1-3,5-12H,4,13-18H2/b12-9+. The van der Waals surface area contributed by atoms with Gasteiger partial charge in [-0.05, 0) is 35.9 Å². The number of ether oxygens (including phenoxy) is 3. The first-order valence-corrected chi connectivity index (χ1v) is 11.2. The van der Waals surface area contributed by atoms with Crippen molar-refractivity contribution in [3.05, 3.63) is 66.2 Å². The minimum atomic E-state index is -3.52. The molecule has 0 radical (unpaired) electrons. The molecule has 0 atom stereocenters. The number of esters is 1. The van der Waals surface area contributed by atoms with Crippen LogP contribution in [0.3, 0.4) is 0 Å². The van der Waals surface area contributed by atoms with Crippen LogP contribution in [-0.2, 0) is 24.3 Å². The molecule has 1 fully saturated rings. The first kappa shape index (κ1) is 22.0. The van der Waals surface area contributed by atoms with Crippen LogP contribution in [0.2, 0.25) is 0 Å². The van der Waals surface area contributed by atoms with Crippen molar-refractivity contribution in [3.63, 3.8) is 0 Å². The van der Waals surface area contributed by atoms with Crippen LogP contribution in [0.15, 0.2) is 65.6 Å². The van der Waals surface area contributed by atoms with Crippen molar-refractivity contribution in [1.29, 1.82) is 0 Å². The van der Waals surface area contributed by atoms with Gasteiger partial charge in [0.1, 0.15) is 5.75 Å². The molecule has 1 aliphatic heterocycles. The fraction of sp³-hybridized carbons (Fsp3) is 0.318. The van der Waals surface area contributed by atoms with Crippen molar-refractivity contribution in [2.24, 2.45) is 0 Å². The lowest BCUT2D eigenvalue weighted by Gasteiger charge is -2.26. The molecule has 0 spiro atoms. The van der Waals surface area contributed by atoms with E-state index in [9.17, 15) is 13.2 Å². The first-order chi connectivity index (χ1) is 14.6. The maximum atomic E-state index is 12.6. The summed E-state index contributed by atoms with van der Waals surface area (Å²) in [5.41, 5.74) is 0.709. The van der Waals surface area contributed by atoms with Crippen LogP contribution in [0.25, 0.3) is 6.08 Å². The molecule has 0 unspecified atom stereocenters. The van der Waals surface area contributed by atoms with E-state index < -0.39 is 16.0 Å². The van der Waals surface area contributed by atoms with Gasteiger partial charge in [0, 0.05) is 25.6 Å². The molecule has 30 heavy (non-hydrogen) atoms. The second kappa shape index (κ2) is 10.9. The highest BCUT2D eigenvalue weighted by molar-refractivity contribution is 7.89. The zero-order valence-electron chi connectivity index (χ0n) is 16.6. The van der Waals surface area contributed by atoms with Crippen molar-refractivity contribution >= 4 is 22.1 Å². The predicted molar refractivity (Wildman–Crippen MR) is 113 cm³/mol. The van der Waals surface area contributed by atoms with Crippen LogP contribution in [0.1, 0.15) is 12.0 Å². The van der Waals surface area contributed by atoms with Crippen LogP contribution < -0.4 is 4.74 Å². The second-order valence-electron chi connectivity index (χ2n) is 6.60. The van der Waals surface area contributed by atoms with Gasteiger partial charge in [0.2, 0.25) is 10.0 Å². The number of rotatable bonds is 9. The summed E-state index contributed by atoms with van der Waals surface area (Å²) in [6.45, 7) is 2.23. The average Bonchev–Trinajstić information content (AvgIpc) is 2.79. The largest absolute Gasteiger partial charge is 0.493 e. The Labute approximate surface area is 176 Å². The SMILES string of the molecule is O=C(/C=C/c1ccc(S(=O)(=O)N2CCOCC2)cc1)OCCCOc1ccccc1. The molecule has 160 valence electrons. The normalized spacial score (nSPS) is 15.2. The van der Waals surface area contributed by atoms with Gasteiger partial charge in [-0.25, -0.2) is 13.2 Å². The molecule has 0 saturated carbocycles. The van der Waals surface area contributed by atoms with Crippen LogP contribution in [-0.4, -0.2) is 58.2 Å². The van der Waals surface area contributed by atoms with Crippen molar-refractivity contribution in [2.75, 3.05) is 39.5 Å². The van der Waals surface area contributed by atoms with E-state index in [-0.39, 0.29) is 11.5 Å². The third-order valence-electron chi connectivity index (χ3n) is 4.44. The van der Waals surface area contributed by atoms with E-state index in [1.807, 2.05) is 30.3 Å². The van der Waals surface area contributed by atoms with Crippen LogP contribution in [0.5, 0.6) is 5.75 Å². The van der Waals surface area contributed by atoms with Gasteiger partial charge in [-0.3, -0.25) is 0 Å². The molecular formula is C22H25NO6S.